The third-order valence-electron chi connectivity index (χ3n) is 3.17. The molecule has 134 valence electrons. The highest BCUT2D eigenvalue weighted by Crippen LogP contribution is 2.36. The van der Waals surface area contributed by atoms with Gasteiger partial charge in [-0.1, -0.05) is 22.0 Å². The Labute approximate surface area is 154 Å². The summed E-state index contributed by atoms with van der Waals surface area (Å²) in [7, 11) is 0. The van der Waals surface area contributed by atoms with Crippen LogP contribution in [0.2, 0.25) is 0 Å². The van der Waals surface area contributed by atoms with E-state index >= 15 is 0 Å². The van der Waals surface area contributed by atoms with E-state index in [1.165, 1.54) is 23.5 Å². The molecule has 2 N–H and O–H groups in total. The van der Waals surface area contributed by atoms with Crippen LogP contribution in [0.5, 0.6) is 0 Å². The number of anilines is 1. The molecule has 1 heterocycles. The summed E-state index contributed by atoms with van der Waals surface area (Å²) >= 11 is 4.16. The summed E-state index contributed by atoms with van der Waals surface area (Å²) in [6.45, 7) is 0.304. The predicted molar refractivity (Wildman–Crippen MR) is 93.7 cm³/mol. The third-order valence-corrected chi connectivity index (χ3v) is 4.73. The van der Waals surface area contributed by atoms with E-state index in [9.17, 15) is 22.8 Å². The fourth-order valence-corrected chi connectivity index (χ4v) is 3.10. The third kappa shape index (κ3) is 5.86. The van der Waals surface area contributed by atoms with Crippen LogP contribution in [0.25, 0.3) is 0 Å². The Morgan fingerprint density at radius 3 is 2.60 bits per heavy atom. The first kappa shape index (κ1) is 19.5. The number of benzene rings is 1. The average molecular weight is 435 g/mol. The zero-order chi connectivity index (χ0) is 18.4. The van der Waals surface area contributed by atoms with E-state index in [0.717, 1.165) is 6.07 Å². The van der Waals surface area contributed by atoms with Crippen molar-refractivity contribution in [1.29, 1.82) is 0 Å². The molecule has 2 rings (SSSR count). The monoisotopic (exact) mass is 434 g/mol. The van der Waals surface area contributed by atoms with E-state index in [2.05, 4.69) is 26.6 Å². The minimum Gasteiger partial charge on any atom is -0.351 e. The molecule has 0 aliphatic heterocycles. The second kappa shape index (κ2) is 8.48. The summed E-state index contributed by atoms with van der Waals surface area (Å²) < 4.78 is 38.4. The van der Waals surface area contributed by atoms with Crippen LogP contribution in [0.1, 0.15) is 28.1 Å². The smallest absolute Gasteiger partial charge is 0.351 e. The van der Waals surface area contributed by atoms with Gasteiger partial charge in [0.1, 0.15) is 0 Å². The molecule has 0 aliphatic rings. The summed E-state index contributed by atoms with van der Waals surface area (Å²) in [5.74, 6) is -0.626. The van der Waals surface area contributed by atoms with Gasteiger partial charge >= 0.3 is 6.18 Å². The van der Waals surface area contributed by atoms with Crippen molar-refractivity contribution >= 4 is 44.8 Å². The molecule has 0 aliphatic carbocycles. The Balaban J connectivity index is 1.80. The number of carbonyl (C=O) groups excluding carboxylic acids is 2. The SMILES string of the molecule is O=C(CCCNC(=O)c1cccs1)Nc1ccc(Br)c(C(F)(F)F)c1. The van der Waals surface area contributed by atoms with Gasteiger partial charge in [-0.2, -0.15) is 13.2 Å². The lowest BCUT2D eigenvalue weighted by molar-refractivity contribution is -0.138. The highest BCUT2D eigenvalue weighted by Gasteiger charge is 2.33. The summed E-state index contributed by atoms with van der Waals surface area (Å²) in [6.07, 6.45) is -4.04. The van der Waals surface area contributed by atoms with Crippen molar-refractivity contribution in [1.82, 2.24) is 5.32 Å². The van der Waals surface area contributed by atoms with Crippen molar-refractivity contribution in [3.63, 3.8) is 0 Å². The van der Waals surface area contributed by atoms with E-state index in [-0.39, 0.29) is 22.5 Å². The van der Waals surface area contributed by atoms with Crippen molar-refractivity contribution in [2.24, 2.45) is 0 Å². The molecule has 0 radical (unpaired) electrons. The minimum absolute atomic E-state index is 0.0724. The number of amides is 2. The van der Waals surface area contributed by atoms with Gasteiger partial charge in [-0.3, -0.25) is 9.59 Å². The van der Waals surface area contributed by atoms with Crippen molar-refractivity contribution in [2.75, 3.05) is 11.9 Å². The standard InChI is InChI=1S/C16H14BrF3N2O2S/c17-12-6-5-10(9-11(12)16(18,19)20)22-14(23)4-1-7-21-15(24)13-3-2-8-25-13/h2-3,5-6,8-9H,1,4,7H2,(H,21,24)(H,22,23). The second-order valence-electron chi connectivity index (χ2n) is 5.08. The van der Waals surface area contributed by atoms with Crippen molar-refractivity contribution < 1.29 is 22.8 Å². The molecule has 0 fully saturated rings. The van der Waals surface area contributed by atoms with E-state index in [1.54, 1.807) is 17.5 Å². The van der Waals surface area contributed by atoms with Crippen molar-refractivity contribution in [3.8, 4) is 0 Å². The topological polar surface area (TPSA) is 58.2 Å². The van der Waals surface area contributed by atoms with Gasteiger partial charge in [-0.15, -0.1) is 11.3 Å². The van der Waals surface area contributed by atoms with E-state index < -0.39 is 17.6 Å². The summed E-state index contributed by atoms with van der Waals surface area (Å²) in [5.41, 5.74) is -0.781. The Kier molecular flexibility index (Phi) is 6.60. The number of hydrogen-bond acceptors (Lipinski definition) is 3. The normalized spacial score (nSPS) is 11.2. The highest BCUT2D eigenvalue weighted by atomic mass is 79.9. The van der Waals surface area contributed by atoms with Gasteiger partial charge in [0.05, 0.1) is 10.4 Å². The maximum Gasteiger partial charge on any atom is 0.417 e. The molecule has 0 atom stereocenters. The maximum absolute atomic E-state index is 12.8. The minimum atomic E-state index is -4.51. The van der Waals surface area contributed by atoms with E-state index in [0.29, 0.717) is 17.8 Å². The molecule has 1 aromatic carbocycles. The summed E-state index contributed by atoms with van der Waals surface area (Å²) in [6, 6.07) is 6.95. The number of thiophene rings is 1. The number of halogens is 4. The van der Waals surface area contributed by atoms with Crippen LogP contribution in [0.3, 0.4) is 0 Å². The van der Waals surface area contributed by atoms with Crippen LogP contribution in [0, 0.1) is 0 Å². The molecule has 0 saturated heterocycles. The van der Waals surface area contributed by atoms with Crippen LogP contribution in [0.15, 0.2) is 40.2 Å². The van der Waals surface area contributed by atoms with Gasteiger partial charge < -0.3 is 10.6 Å². The molecule has 4 nitrogen and oxygen atoms in total. The Hall–Kier alpha value is -1.87. The fourth-order valence-electron chi connectivity index (χ4n) is 1.99. The Bertz CT molecular complexity index is 748. The van der Waals surface area contributed by atoms with Gasteiger partial charge in [0.2, 0.25) is 5.91 Å². The predicted octanol–water partition coefficient (Wildman–Crippen LogP) is 4.68. The van der Waals surface area contributed by atoms with Gasteiger partial charge in [-0.05, 0) is 36.1 Å². The lowest BCUT2D eigenvalue weighted by atomic mass is 10.2. The van der Waals surface area contributed by atoms with Gasteiger partial charge in [-0.25, -0.2) is 0 Å². The number of hydrogen-bond donors (Lipinski definition) is 2. The average Bonchev–Trinajstić information content (AvgIpc) is 3.06. The fraction of sp³-hybridized carbons (Fsp3) is 0.250. The molecule has 0 unspecified atom stereocenters. The molecule has 2 amide bonds. The maximum atomic E-state index is 12.8. The molecule has 25 heavy (non-hydrogen) atoms. The van der Waals surface area contributed by atoms with Crippen LogP contribution in [-0.2, 0) is 11.0 Å². The molecule has 0 saturated carbocycles. The number of nitrogens with one attached hydrogen (secondary N) is 2. The summed E-state index contributed by atoms with van der Waals surface area (Å²) in [4.78, 5) is 24.1. The highest BCUT2D eigenvalue weighted by molar-refractivity contribution is 9.10. The zero-order valence-electron chi connectivity index (χ0n) is 12.8. The molecule has 2 aromatic rings. The lowest BCUT2D eigenvalue weighted by Gasteiger charge is -2.12. The van der Waals surface area contributed by atoms with Crippen LogP contribution in [-0.4, -0.2) is 18.4 Å². The molecular formula is C16H14BrF3N2O2S. The molecule has 0 bridgehead atoms. The first-order chi connectivity index (χ1) is 11.8. The molecule has 9 heteroatoms. The zero-order valence-corrected chi connectivity index (χ0v) is 15.2. The number of alkyl halides is 3. The van der Waals surface area contributed by atoms with Crippen molar-refractivity contribution in [2.45, 2.75) is 19.0 Å². The number of carbonyl (C=O) groups is 2. The summed E-state index contributed by atoms with van der Waals surface area (Å²) in [5, 5.41) is 6.89. The largest absolute Gasteiger partial charge is 0.417 e. The Morgan fingerprint density at radius 2 is 1.96 bits per heavy atom. The van der Waals surface area contributed by atoms with Crippen molar-refractivity contribution in [3.05, 3.63) is 50.6 Å². The molecule has 1 aromatic heterocycles. The second-order valence-corrected chi connectivity index (χ2v) is 6.88. The first-order valence-corrected chi connectivity index (χ1v) is 8.93. The van der Waals surface area contributed by atoms with Crippen LogP contribution in [0.4, 0.5) is 18.9 Å². The van der Waals surface area contributed by atoms with Gasteiger partial charge in [0.25, 0.3) is 5.91 Å². The van der Waals surface area contributed by atoms with Crippen LogP contribution >= 0.6 is 27.3 Å². The van der Waals surface area contributed by atoms with Gasteiger partial charge in [0, 0.05) is 23.1 Å². The number of rotatable bonds is 6. The lowest BCUT2D eigenvalue weighted by Crippen LogP contribution is -2.24. The quantitative estimate of drug-likeness (QED) is 0.648. The molecular weight excluding hydrogens is 421 g/mol. The first-order valence-electron chi connectivity index (χ1n) is 7.25. The van der Waals surface area contributed by atoms with E-state index in [4.69, 9.17) is 0 Å². The van der Waals surface area contributed by atoms with Gasteiger partial charge in [0.15, 0.2) is 0 Å². The Morgan fingerprint density at radius 1 is 1.20 bits per heavy atom. The molecule has 0 spiro atoms. The van der Waals surface area contributed by atoms with E-state index in [1.807, 2.05) is 0 Å². The van der Waals surface area contributed by atoms with Crippen LogP contribution < -0.4 is 10.6 Å².